The van der Waals surface area contributed by atoms with Crippen LogP contribution in [0.3, 0.4) is 0 Å². The molecule has 1 aromatic carbocycles. The van der Waals surface area contributed by atoms with Crippen LogP contribution >= 0.6 is 0 Å². The molecule has 2 aliphatic rings. The molecule has 0 bridgehead atoms. The van der Waals surface area contributed by atoms with Crippen LogP contribution in [0.5, 0.6) is 0 Å². The van der Waals surface area contributed by atoms with Crippen LogP contribution in [0, 0.1) is 21.4 Å². The first kappa shape index (κ1) is 12.6. The van der Waals surface area contributed by atoms with Gasteiger partial charge in [0.25, 0.3) is 5.69 Å². The van der Waals surface area contributed by atoms with Crippen molar-refractivity contribution in [3.63, 3.8) is 0 Å². The van der Waals surface area contributed by atoms with Crippen molar-refractivity contribution in [2.45, 2.75) is 12.3 Å². The van der Waals surface area contributed by atoms with Crippen LogP contribution in [-0.4, -0.2) is 41.7 Å². The van der Waals surface area contributed by atoms with E-state index in [0.717, 1.165) is 18.7 Å². The molecule has 0 radical (unpaired) electrons. The van der Waals surface area contributed by atoms with E-state index >= 15 is 0 Å². The molecular weight excluding hydrogens is 244 g/mol. The summed E-state index contributed by atoms with van der Waals surface area (Å²) in [6.07, 6.45) is 0. The number of benzene rings is 1. The van der Waals surface area contributed by atoms with Crippen molar-refractivity contribution in [2.75, 3.05) is 26.7 Å². The van der Waals surface area contributed by atoms with Gasteiger partial charge in [0.2, 0.25) is 0 Å². The number of fused-ring (bicyclic) bond motifs is 1. The Labute approximate surface area is 112 Å². The van der Waals surface area contributed by atoms with Crippen molar-refractivity contribution >= 4 is 5.69 Å². The van der Waals surface area contributed by atoms with E-state index in [4.69, 9.17) is 0 Å². The molecular formula is C14H18N2O3. The summed E-state index contributed by atoms with van der Waals surface area (Å²) in [5.74, 6) is 0.386. The van der Waals surface area contributed by atoms with Crippen LogP contribution in [0.25, 0.3) is 0 Å². The van der Waals surface area contributed by atoms with Crippen molar-refractivity contribution in [1.82, 2.24) is 4.90 Å². The van der Waals surface area contributed by atoms with Gasteiger partial charge in [0.15, 0.2) is 0 Å². The molecule has 1 aliphatic heterocycles. The smallest absolute Gasteiger partial charge is 0.269 e. The number of non-ortho nitro benzene ring substituents is 1. The summed E-state index contributed by atoms with van der Waals surface area (Å²) in [5, 5.41) is 20.8. The van der Waals surface area contributed by atoms with Crippen LogP contribution in [-0.2, 0) is 5.41 Å². The summed E-state index contributed by atoms with van der Waals surface area (Å²) in [5.41, 5.74) is 0.745. The lowest BCUT2D eigenvalue weighted by atomic mass is 9.86. The van der Waals surface area contributed by atoms with Gasteiger partial charge in [-0.05, 0) is 23.9 Å². The van der Waals surface area contributed by atoms with Gasteiger partial charge in [-0.15, -0.1) is 0 Å². The van der Waals surface area contributed by atoms with E-state index in [1.807, 2.05) is 6.07 Å². The van der Waals surface area contributed by atoms with Gasteiger partial charge in [0.1, 0.15) is 0 Å². The lowest BCUT2D eigenvalue weighted by molar-refractivity contribution is -0.385. The van der Waals surface area contributed by atoms with Gasteiger partial charge in [-0.25, -0.2) is 0 Å². The van der Waals surface area contributed by atoms with E-state index in [9.17, 15) is 15.2 Å². The Morgan fingerprint density at radius 2 is 2.32 bits per heavy atom. The van der Waals surface area contributed by atoms with Gasteiger partial charge in [-0.2, -0.15) is 0 Å². The number of nitro groups is 1. The summed E-state index contributed by atoms with van der Waals surface area (Å²) in [4.78, 5) is 12.8. The summed E-state index contributed by atoms with van der Waals surface area (Å²) < 4.78 is 0. The van der Waals surface area contributed by atoms with Crippen molar-refractivity contribution < 1.29 is 10.0 Å². The Balaban J connectivity index is 2.02. The van der Waals surface area contributed by atoms with E-state index in [1.165, 1.54) is 6.07 Å². The van der Waals surface area contributed by atoms with Gasteiger partial charge in [-0.1, -0.05) is 19.1 Å². The molecule has 1 heterocycles. The molecule has 1 aliphatic carbocycles. The molecule has 0 aromatic heterocycles. The van der Waals surface area contributed by atoms with Crippen molar-refractivity contribution in [3.05, 3.63) is 39.9 Å². The lowest BCUT2D eigenvalue weighted by Crippen LogP contribution is -2.33. The van der Waals surface area contributed by atoms with Crippen molar-refractivity contribution in [3.8, 4) is 0 Å². The Hall–Kier alpha value is -1.46. The first-order chi connectivity index (χ1) is 8.95. The Bertz CT molecular complexity index is 547. The maximum absolute atomic E-state index is 10.9. The quantitative estimate of drug-likeness (QED) is 0.660. The first-order valence-electron chi connectivity index (χ1n) is 6.50. The van der Waals surface area contributed by atoms with Crippen LogP contribution in [0.15, 0.2) is 24.3 Å². The maximum Gasteiger partial charge on any atom is 0.269 e. The number of nitro benzene ring substituents is 1. The van der Waals surface area contributed by atoms with Gasteiger partial charge >= 0.3 is 0 Å². The van der Waals surface area contributed by atoms with E-state index < -0.39 is 0 Å². The van der Waals surface area contributed by atoms with Gasteiger partial charge in [0, 0.05) is 30.6 Å². The number of aliphatic hydroxyl groups excluding tert-OH is 1. The van der Waals surface area contributed by atoms with E-state index in [-0.39, 0.29) is 28.0 Å². The Morgan fingerprint density at radius 1 is 1.58 bits per heavy atom. The molecule has 2 fully saturated rings. The van der Waals surface area contributed by atoms with Crippen LogP contribution < -0.4 is 0 Å². The molecule has 1 aromatic rings. The largest absolute Gasteiger partial charge is 0.395 e. The third kappa shape index (κ3) is 1.42. The summed E-state index contributed by atoms with van der Waals surface area (Å²) in [6.45, 7) is 4.11. The monoisotopic (exact) mass is 262 g/mol. The Morgan fingerprint density at radius 3 is 2.84 bits per heavy atom. The van der Waals surface area contributed by atoms with Crippen molar-refractivity contribution in [2.24, 2.45) is 11.3 Å². The average Bonchev–Trinajstić information content (AvgIpc) is 2.69. The number of piperidine rings is 1. The summed E-state index contributed by atoms with van der Waals surface area (Å²) >= 11 is 0. The highest BCUT2D eigenvalue weighted by Gasteiger charge is 2.76. The number of nitrogens with zero attached hydrogens (tertiary/aromatic N) is 2. The highest BCUT2D eigenvalue weighted by atomic mass is 16.6. The standard InChI is InChI=1S/C14H18N2O3/c1-13-8-15(2)7-12(13)14(13,9-17)10-4-3-5-11(6-10)16(18)19/h3-6,12,17H,7-9H2,1-2H3/t12-,13+,14+/m1/s1. The molecule has 0 unspecified atom stereocenters. The van der Waals surface area contributed by atoms with Gasteiger partial charge in [-0.3, -0.25) is 10.1 Å². The highest BCUT2D eigenvalue weighted by Crippen LogP contribution is 2.72. The fourth-order valence-corrected chi connectivity index (χ4v) is 4.22. The van der Waals surface area contributed by atoms with Crippen LogP contribution in [0.1, 0.15) is 12.5 Å². The molecule has 1 saturated carbocycles. The number of hydrogen-bond donors (Lipinski definition) is 1. The second-order valence-electron chi connectivity index (χ2n) is 6.10. The molecule has 1 N–H and O–H groups in total. The molecule has 5 nitrogen and oxygen atoms in total. The summed E-state index contributed by atoms with van der Waals surface area (Å²) in [7, 11) is 2.08. The zero-order valence-electron chi connectivity index (χ0n) is 11.2. The van der Waals surface area contributed by atoms with Crippen LogP contribution in [0.2, 0.25) is 0 Å². The van der Waals surface area contributed by atoms with Gasteiger partial charge in [0.05, 0.1) is 11.5 Å². The average molecular weight is 262 g/mol. The molecule has 1 saturated heterocycles. The fraction of sp³-hybridized carbons (Fsp3) is 0.571. The van der Waals surface area contributed by atoms with Crippen molar-refractivity contribution in [1.29, 1.82) is 0 Å². The fourth-order valence-electron chi connectivity index (χ4n) is 4.22. The topological polar surface area (TPSA) is 66.6 Å². The van der Waals surface area contributed by atoms with E-state index in [0.29, 0.717) is 5.92 Å². The molecule has 5 heteroatoms. The zero-order chi connectivity index (χ0) is 13.8. The lowest BCUT2D eigenvalue weighted by Gasteiger charge is -2.26. The minimum Gasteiger partial charge on any atom is -0.395 e. The Kier molecular flexibility index (Phi) is 2.50. The summed E-state index contributed by atoms with van der Waals surface area (Å²) in [6, 6.07) is 6.75. The first-order valence-corrected chi connectivity index (χ1v) is 6.50. The molecule has 0 spiro atoms. The zero-order valence-corrected chi connectivity index (χ0v) is 11.2. The third-order valence-electron chi connectivity index (χ3n) is 5.21. The SMILES string of the molecule is CN1C[C@@H]2[C@](C)(C1)[C@@]2(CO)c1cccc([N+](=O)[O-])c1. The maximum atomic E-state index is 10.9. The number of aliphatic hydroxyl groups is 1. The molecule has 3 rings (SSSR count). The van der Waals surface area contributed by atoms with E-state index in [1.54, 1.807) is 12.1 Å². The number of rotatable bonds is 3. The van der Waals surface area contributed by atoms with Crippen LogP contribution in [0.4, 0.5) is 5.69 Å². The number of hydrogen-bond acceptors (Lipinski definition) is 4. The third-order valence-corrected chi connectivity index (χ3v) is 5.21. The minimum atomic E-state index is -0.374. The highest BCUT2D eigenvalue weighted by molar-refractivity contribution is 5.48. The normalized spacial score (nSPS) is 37.1. The minimum absolute atomic E-state index is 0.0335. The second kappa shape index (κ2) is 3.77. The molecule has 19 heavy (non-hydrogen) atoms. The predicted octanol–water partition coefficient (Wildman–Crippen LogP) is 1.41. The molecule has 102 valence electrons. The molecule has 3 atom stereocenters. The number of likely N-dealkylation sites (tertiary alicyclic amines) is 1. The predicted molar refractivity (Wildman–Crippen MR) is 71.0 cm³/mol. The second-order valence-corrected chi connectivity index (χ2v) is 6.10. The van der Waals surface area contributed by atoms with E-state index in [2.05, 4.69) is 18.9 Å². The van der Waals surface area contributed by atoms with Gasteiger partial charge < -0.3 is 10.0 Å². The molecule has 0 amide bonds.